The Balaban J connectivity index is 2.00. The van der Waals surface area contributed by atoms with Gasteiger partial charge in [-0.15, -0.1) is 0 Å². The number of hydrogen-bond acceptors (Lipinski definition) is 5. The van der Waals surface area contributed by atoms with E-state index in [1.54, 1.807) is 30.3 Å². The SMILES string of the molecule is COCCOC(=O)Nc1cccc(NC(=O)c2cccc(N(C)C)c2)c1. The molecule has 0 heterocycles. The van der Waals surface area contributed by atoms with Crippen LogP contribution in [0.1, 0.15) is 10.4 Å². The number of methoxy groups -OCH3 is 1. The average Bonchev–Trinajstić information content (AvgIpc) is 2.62. The van der Waals surface area contributed by atoms with Gasteiger partial charge in [-0.25, -0.2) is 4.79 Å². The van der Waals surface area contributed by atoms with Crippen LogP contribution in [0, 0.1) is 0 Å². The molecule has 0 aliphatic carbocycles. The van der Waals surface area contributed by atoms with Crippen LogP contribution in [-0.4, -0.2) is 46.4 Å². The van der Waals surface area contributed by atoms with E-state index in [2.05, 4.69) is 10.6 Å². The van der Waals surface area contributed by atoms with E-state index >= 15 is 0 Å². The molecule has 0 atom stereocenters. The summed E-state index contributed by atoms with van der Waals surface area (Å²) < 4.78 is 9.76. The maximum Gasteiger partial charge on any atom is 0.411 e. The molecule has 0 aromatic heterocycles. The minimum atomic E-state index is -0.579. The van der Waals surface area contributed by atoms with Gasteiger partial charge in [0.05, 0.1) is 6.61 Å². The Morgan fingerprint density at radius 2 is 1.65 bits per heavy atom. The molecule has 2 rings (SSSR count). The molecular weight excluding hydrogens is 334 g/mol. The summed E-state index contributed by atoms with van der Waals surface area (Å²) in [4.78, 5) is 26.0. The zero-order valence-electron chi connectivity index (χ0n) is 15.1. The number of nitrogens with zero attached hydrogens (tertiary/aromatic N) is 1. The summed E-state index contributed by atoms with van der Waals surface area (Å²) in [6.45, 7) is 0.497. The van der Waals surface area contributed by atoms with E-state index in [-0.39, 0.29) is 12.5 Å². The molecule has 138 valence electrons. The fourth-order valence-electron chi connectivity index (χ4n) is 2.17. The summed E-state index contributed by atoms with van der Waals surface area (Å²) >= 11 is 0. The topological polar surface area (TPSA) is 79.9 Å². The smallest absolute Gasteiger partial charge is 0.411 e. The highest BCUT2D eigenvalue weighted by atomic mass is 16.6. The lowest BCUT2D eigenvalue weighted by Crippen LogP contribution is -2.17. The highest BCUT2D eigenvalue weighted by Crippen LogP contribution is 2.18. The van der Waals surface area contributed by atoms with Crippen molar-refractivity contribution in [2.24, 2.45) is 0 Å². The Labute approximate surface area is 152 Å². The fourth-order valence-corrected chi connectivity index (χ4v) is 2.17. The van der Waals surface area contributed by atoms with Gasteiger partial charge in [-0.3, -0.25) is 10.1 Å². The zero-order valence-corrected chi connectivity index (χ0v) is 15.1. The molecule has 2 aromatic rings. The summed E-state index contributed by atoms with van der Waals surface area (Å²) in [5.74, 6) is -0.228. The molecule has 0 fully saturated rings. The van der Waals surface area contributed by atoms with E-state index in [4.69, 9.17) is 9.47 Å². The first-order valence-electron chi connectivity index (χ1n) is 8.11. The lowest BCUT2D eigenvalue weighted by atomic mass is 10.1. The molecule has 0 unspecified atom stereocenters. The predicted molar refractivity (Wildman–Crippen MR) is 102 cm³/mol. The van der Waals surface area contributed by atoms with E-state index in [0.717, 1.165) is 5.69 Å². The monoisotopic (exact) mass is 357 g/mol. The molecule has 0 aliphatic heterocycles. The van der Waals surface area contributed by atoms with Gasteiger partial charge in [-0.05, 0) is 36.4 Å². The van der Waals surface area contributed by atoms with Gasteiger partial charge < -0.3 is 19.7 Å². The van der Waals surface area contributed by atoms with Gasteiger partial charge in [0.2, 0.25) is 0 Å². The maximum atomic E-state index is 12.4. The van der Waals surface area contributed by atoms with Crippen molar-refractivity contribution in [3.63, 3.8) is 0 Å². The summed E-state index contributed by atoms with van der Waals surface area (Å²) in [6, 6.07) is 14.2. The molecule has 2 N–H and O–H groups in total. The molecule has 0 spiro atoms. The molecule has 2 aromatic carbocycles. The second-order valence-corrected chi connectivity index (χ2v) is 5.73. The van der Waals surface area contributed by atoms with Crippen molar-refractivity contribution in [2.75, 3.05) is 50.0 Å². The Kier molecular flexibility index (Phi) is 6.99. The van der Waals surface area contributed by atoms with Crippen LogP contribution in [0.25, 0.3) is 0 Å². The number of amides is 2. The third kappa shape index (κ3) is 5.78. The first-order valence-corrected chi connectivity index (χ1v) is 8.11. The molecular formula is C19H23N3O4. The van der Waals surface area contributed by atoms with Crippen LogP contribution in [0.2, 0.25) is 0 Å². The molecule has 0 bridgehead atoms. The van der Waals surface area contributed by atoms with Crippen molar-refractivity contribution in [2.45, 2.75) is 0 Å². The van der Waals surface area contributed by atoms with Crippen molar-refractivity contribution in [1.82, 2.24) is 0 Å². The lowest BCUT2D eigenvalue weighted by Gasteiger charge is -2.14. The van der Waals surface area contributed by atoms with Crippen LogP contribution < -0.4 is 15.5 Å². The lowest BCUT2D eigenvalue weighted by molar-refractivity contribution is 0.102. The van der Waals surface area contributed by atoms with Gasteiger partial charge in [-0.2, -0.15) is 0 Å². The number of anilines is 3. The highest BCUT2D eigenvalue weighted by Gasteiger charge is 2.09. The van der Waals surface area contributed by atoms with Crippen LogP contribution in [0.4, 0.5) is 21.9 Å². The van der Waals surface area contributed by atoms with E-state index in [0.29, 0.717) is 23.5 Å². The number of carbonyl (C=O) groups excluding carboxylic acids is 2. The number of nitrogens with one attached hydrogen (secondary N) is 2. The van der Waals surface area contributed by atoms with Gasteiger partial charge in [0.15, 0.2) is 0 Å². The van der Waals surface area contributed by atoms with Crippen LogP contribution in [0.3, 0.4) is 0 Å². The van der Waals surface area contributed by atoms with Crippen molar-refractivity contribution in [3.8, 4) is 0 Å². The van der Waals surface area contributed by atoms with Gasteiger partial charge in [-0.1, -0.05) is 12.1 Å². The molecule has 0 aliphatic rings. The molecule has 0 radical (unpaired) electrons. The summed E-state index contributed by atoms with van der Waals surface area (Å²) in [6.07, 6.45) is -0.579. The molecule has 7 heteroatoms. The van der Waals surface area contributed by atoms with E-state index in [1.165, 1.54) is 7.11 Å². The minimum absolute atomic E-state index is 0.168. The van der Waals surface area contributed by atoms with Crippen LogP contribution in [0.5, 0.6) is 0 Å². The molecule has 0 saturated carbocycles. The van der Waals surface area contributed by atoms with E-state index in [1.807, 2.05) is 37.2 Å². The van der Waals surface area contributed by atoms with Crippen molar-refractivity contribution in [3.05, 3.63) is 54.1 Å². The molecule has 26 heavy (non-hydrogen) atoms. The standard InChI is InChI=1S/C19H23N3O4/c1-22(2)17-9-4-6-14(12-17)18(23)20-15-7-5-8-16(13-15)21-19(24)26-11-10-25-3/h4-9,12-13H,10-11H2,1-3H3,(H,20,23)(H,21,24). The van der Waals surface area contributed by atoms with Gasteiger partial charge in [0.25, 0.3) is 5.91 Å². The average molecular weight is 357 g/mol. The predicted octanol–water partition coefficient (Wildman–Crippen LogP) is 3.20. The highest BCUT2D eigenvalue weighted by molar-refractivity contribution is 6.05. The summed E-state index contributed by atoms with van der Waals surface area (Å²) in [5, 5.41) is 5.42. The van der Waals surface area contributed by atoms with Crippen LogP contribution in [-0.2, 0) is 9.47 Å². The van der Waals surface area contributed by atoms with Gasteiger partial charge >= 0.3 is 6.09 Å². The van der Waals surface area contributed by atoms with Crippen LogP contribution >= 0.6 is 0 Å². The Bertz CT molecular complexity index is 762. The van der Waals surface area contributed by atoms with Crippen molar-refractivity contribution in [1.29, 1.82) is 0 Å². The van der Waals surface area contributed by atoms with Crippen molar-refractivity contribution >= 4 is 29.1 Å². The number of rotatable bonds is 7. The van der Waals surface area contributed by atoms with E-state index in [9.17, 15) is 9.59 Å². The number of carbonyl (C=O) groups is 2. The van der Waals surface area contributed by atoms with Crippen molar-refractivity contribution < 1.29 is 19.1 Å². The van der Waals surface area contributed by atoms with Gasteiger partial charge in [0, 0.05) is 43.8 Å². The Hall–Kier alpha value is -3.06. The first kappa shape index (κ1) is 19.3. The minimum Gasteiger partial charge on any atom is -0.447 e. The summed E-state index contributed by atoms with van der Waals surface area (Å²) in [5.41, 5.74) is 2.58. The number of ether oxygens (including phenoxy) is 2. The largest absolute Gasteiger partial charge is 0.447 e. The maximum absolute atomic E-state index is 12.4. The second kappa shape index (κ2) is 9.43. The normalized spacial score (nSPS) is 10.1. The van der Waals surface area contributed by atoms with Crippen LogP contribution in [0.15, 0.2) is 48.5 Å². The third-order valence-electron chi connectivity index (χ3n) is 3.51. The van der Waals surface area contributed by atoms with E-state index < -0.39 is 6.09 Å². The first-order chi connectivity index (χ1) is 12.5. The zero-order chi connectivity index (χ0) is 18.9. The fraction of sp³-hybridized carbons (Fsp3) is 0.263. The van der Waals surface area contributed by atoms with Gasteiger partial charge in [0.1, 0.15) is 6.61 Å². The molecule has 0 saturated heterocycles. The molecule has 2 amide bonds. The number of hydrogen-bond donors (Lipinski definition) is 2. The second-order valence-electron chi connectivity index (χ2n) is 5.73. The number of benzene rings is 2. The Morgan fingerprint density at radius 1 is 0.962 bits per heavy atom. The summed E-state index contributed by atoms with van der Waals surface area (Å²) in [7, 11) is 5.36. The third-order valence-corrected chi connectivity index (χ3v) is 3.51. The Morgan fingerprint density at radius 3 is 2.35 bits per heavy atom. The quantitative estimate of drug-likeness (QED) is 0.744. The molecule has 7 nitrogen and oxygen atoms in total.